The van der Waals surface area contributed by atoms with Crippen LogP contribution in [0.5, 0.6) is 5.75 Å². The molecule has 0 saturated carbocycles. The van der Waals surface area contributed by atoms with Gasteiger partial charge in [-0.15, -0.1) is 13.2 Å². The Morgan fingerprint density at radius 2 is 2.14 bits per heavy atom. The fourth-order valence-corrected chi connectivity index (χ4v) is 3.50. The van der Waals surface area contributed by atoms with Crippen molar-refractivity contribution >= 4 is 38.4 Å². The van der Waals surface area contributed by atoms with Gasteiger partial charge in [0, 0.05) is 11.8 Å². The lowest BCUT2D eigenvalue weighted by Crippen LogP contribution is -2.36. The summed E-state index contributed by atoms with van der Waals surface area (Å²) >= 11 is 3.16. The van der Waals surface area contributed by atoms with Gasteiger partial charge in [0.1, 0.15) is 17.8 Å². The highest BCUT2D eigenvalue weighted by molar-refractivity contribution is 7.98. The van der Waals surface area contributed by atoms with Crippen molar-refractivity contribution in [3.8, 4) is 5.75 Å². The van der Waals surface area contributed by atoms with Crippen LogP contribution in [0.1, 0.15) is 6.92 Å². The van der Waals surface area contributed by atoms with Crippen molar-refractivity contribution in [2.24, 2.45) is 0 Å². The molecule has 2 aromatic rings. The van der Waals surface area contributed by atoms with Gasteiger partial charge in [0.15, 0.2) is 0 Å². The number of nitrogens with one attached hydrogen (secondary N) is 1. The molecule has 1 heterocycles. The van der Waals surface area contributed by atoms with Gasteiger partial charge in [0.05, 0.1) is 11.2 Å². The molecule has 0 fully saturated rings. The molecule has 3 nitrogen and oxygen atoms in total. The van der Waals surface area contributed by atoms with Gasteiger partial charge in [-0.1, -0.05) is 0 Å². The first kappa shape index (κ1) is 16.2. The van der Waals surface area contributed by atoms with Crippen molar-refractivity contribution in [1.82, 2.24) is 0 Å². The van der Waals surface area contributed by atoms with Gasteiger partial charge in [-0.25, -0.2) is 4.57 Å². The smallest absolute Gasteiger partial charge is 0.406 e. The summed E-state index contributed by atoms with van der Waals surface area (Å²) in [5, 5.41) is 4.20. The molecule has 0 bridgehead atoms. The lowest BCUT2D eigenvalue weighted by molar-refractivity contribution is -0.648. The van der Waals surface area contributed by atoms with E-state index in [4.69, 9.17) is 0 Å². The fraction of sp³-hybridized carbons (Fsp3) is 0.462. The van der Waals surface area contributed by atoms with Crippen LogP contribution < -0.4 is 14.6 Å². The summed E-state index contributed by atoms with van der Waals surface area (Å²) in [6, 6.07) is 4.46. The maximum absolute atomic E-state index is 12.3. The van der Waals surface area contributed by atoms with E-state index < -0.39 is 6.36 Å². The van der Waals surface area contributed by atoms with E-state index in [9.17, 15) is 13.2 Å². The molecule has 1 N–H and O–H groups in total. The molecule has 8 heteroatoms. The SMILES string of the molecule is CCNc1sc2cc(OC(F)(F)F)ccc2[n+]1CCSC. The summed E-state index contributed by atoms with van der Waals surface area (Å²) in [5.41, 5.74) is 0.916. The van der Waals surface area contributed by atoms with E-state index in [2.05, 4.69) is 14.6 Å². The van der Waals surface area contributed by atoms with Crippen LogP contribution in [0, 0.1) is 0 Å². The molecular formula is C13H16F3N2OS2+. The molecule has 0 radical (unpaired) electrons. The molecule has 1 aromatic heterocycles. The first-order valence-electron chi connectivity index (χ1n) is 6.39. The van der Waals surface area contributed by atoms with Crippen molar-refractivity contribution in [2.75, 3.05) is 23.9 Å². The van der Waals surface area contributed by atoms with E-state index in [-0.39, 0.29) is 5.75 Å². The van der Waals surface area contributed by atoms with E-state index in [1.54, 1.807) is 17.8 Å². The van der Waals surface area contributed by atoms with Gasteiger partial charge in [-0.2, -0.15) is 11.8 Å². The number of aromatic nitrogens is 1. The van der Waals surface area contributed by atoms with Gasteiger partial charge in [0.2, 0.25) is 0 Å². The molecule has 21 heavy (non-hydrogen) atoms. The molecule has 0 aliphatic rings. The monoisotopic (exact) mass is 337 g/mol. The number of benzene rings is 1. The molecule has 116 valence electrons. The molecule has 2 rings (SSSR count). The number of halogens is 3. The number of thiazole rings is 1. The molecule has 1 aromatic carbocycles. The highest BCUT2D eigenvalue weighted by atomic mass is 32.2. The Balaban J connectivity index is 2.39. The van der Waals surface area contributed by atoms with Crippen LogP contribution in [-0.4, -0.2) is 24.9 Å². The number of thioether (sulfide) groups is 1. The number of rotatable bonds is 6. The number of alkyl halides is 3. The molecule has 0 aliphatic carbocycles. The summed E-state index contributed by atoms with van der Waals surface area (Å²) < 4.78 is 43.7. The fourth-order valence-electron chi connectivity index (χ4n) is 1.95. The Bertz CT molecular complexity index is 613. The van der Waals surface area contributed by atoms with Gasteiger partial charge in [-0.3, -0.25) is 5.32 Å². The van der Waals surface area contributed by atoms with E-state index >= 15 is 0 Å². The second kappa shape index (κ2) is 6.74. The summed E-state index contributed by atoms with van der Waals surface area (Å²) in [6.45, 7) is 3.56. The van der Waals surface area contributed by atoms with Gasteiger partial charge < -0.3 is 4.74 Å². The lowest BCUT2D eigenvalue weighted by atomic mass is 10.3. The summed E-state index contributed by atoms with van der Waals surface area (Å²) in [4.78, 5) is 0. The third-order valence-corrected chi connectivity index (χ3v) is 4.45. The number of fused-ring (bicyclic) bond motifs is 1. The van der Waals surface area contributed by atoms with Crippen LogP contribution in [0.15, 0.2) is 18.2 Å². The number of nitrogens with zero attached hydrogens (tertiary/aromatic N) is 1. The van der Waals surface area contributed by atoms with Gasteiger partial charge >= 0.3 is 11.5 Å². The molecule has 0 atom stereocenters. The highest BCUT2D eigenvalue weighted by Gasteiger charge is 2.31. The van der Waals surface area contributed by atoms with Crippen molar-refractivity contribution < 1.29 is 22.5 Å². The van der Waals surface area contributed by atoms with Gasteiger partial charge in [-0.05, 0) is 36.6 Å². The molecule has 0 amide bonds. The highest BCUT2D eigenvalue weighted by Crippen LogP contribution is 2.30. The zero-order chi connectivity index (χ0) is 15.5. The van der Waals surface area contributed by atoms with Crippen LogP contribution in [0.3, 0.4) is 0 Å². The third-order valence-electron chi connectivity index (χ3n) is 2.75. The molecule has 0 saturated heterocycles. The van der Waals surface area contributed by atoms with Crippen LogP contribution in [-0.2, 0) is 6.54 Å². The predicted octanol–water partition coefficient (Wildman–Crippen LogP) is 3.88. The van der Waals surface area contributed by atoms with Crippen molar-refractivity contribution in [1.29, 1.82) is 0 Å². The van der Waals surface area contributed by atoms with Crippen LogP contribution in [0.4, 0.5) is 18.3 Å². The predicted molar refractivity (Wildman–Crippen MR) is 81.2 cm³/mol. The summed E-state index contributed by atoms with van der Waals surface area (Å²) in [7, 11) is 0. The maximum atomic E-state index is 12.3. The average molecular weight is 337 g/mol. The van der Waals surface area contributed by atoms with Crippen LogP contribution in [0.2, 0.25) is 0 Å². The Morgan fingerprint density at radius 1 is 1.38 bits per heavy atom. The van der Waals surface area contributed by atoms with E-state index in [0.717, 1.165) is 34.2 Å². The van der Waals surface area contributed by atoms with E-state index in [1.807, 2.05) is 13.2 Å². The number of hydrogen-bond acceptors (Lipinski definition) is 4. The second-order valence-electron chi connectivity index (χ2n) is 4.26. The number of aryl methyl sites for hydroxylation is 1. The first-order chi connectivity index (χ1) is 9.94. The molecule has 0 aliphatic heterocycles. The second-order valence-corrected chi connectivity index (χ2v) is 6.28. The average Bonchev–Trinajstić information content (AvgIpc) is 2.71. The molecular weight excluding hydrogens is 321 g/mol. The number of hydrogen-bond donors (Lipinski definition) is 1. The minimum absolute atomic E-state index is 0.184. The third kappa shape index (κ3) is 4.16. The first-order valence-corrected chi connectivity index (χ1v) is 8.60. The Hall–Kier alpha value is -1.15. The topological polar surface area (TPSA) is 25.1 Å². The van der Waals surface area contributed by atoms with Crippen molar-refractivity contribution in [2.45, 2.75) is 19.8 Å². The Labute approximate surface area is 129 Å². The quantitative estimate of drug-likeness (QED) is 0.810. The van der Waals surface area contributed by atoms with Crippen LogP contribution >= 0.6 is 23.1 Å². The zero-order valence-electron chi connectivity index (χ0n) is 11.7. The summed E-state index contributed by atoms with van der Waals surface area (Å²) in [5.74, 6) is 0.756. The van der Waals surface area contributed by atoms with E-state index in [1.165, 1.54) is 23.5 Å². The van der Waals surface area contributed by atoms with Gasteiger partial charge in [0.25, 0.3) is 0 Å². The Kier molecular flexibility index (Phi) is 5.21. The van der Waals surface area contributed by atoms with Crippen molar-refractivity contribution in [3.63, 3.8) is 0 Å². The standard InChI is InChI=1S/C13H15F3N2OS2/c1-3-17-12-18(6-7-20-2)10-5-4-9(8-11(10)21-12)19-13(14,15)16/h4-5,8H,3,6-7H2,1-2H3/p+1. The normalized spacial score (nSPS) is 11.9. The summed E-state index contributed by atoms with van der Waals surface area (Å²) in [6.07, 6.45) is -2.64. The largest absolute Gasteiger partial charge is 0.573 e. The minimum Gasteiger partial charge on any atom is -0.406 e. The molecule has 0 unspecified atom stereocenters. The number of anilines is 1. The lowest BCUT2D eigenvalue weighted by Gasteiger charge is -2.08. The number of ether oxygens (including phenoxy) is 1. The van der Waals surface area contributed by atoms with E-state index in [0.29, 0.717) is 0 Å². The van der Waals surface area contributed by atoms with Crippen molar-refractivity contribution in [3.05, 3.63) is 18.2 Å². The maximum Gasteiger partial charge on any atom is 0.573 e. The minimum atomic E-state index is -4.66. The molecule has 0 spiro atoms. The zero-order valence-corrected chi connectivity index (χ0v) is 13.3. The van der Waals surface area contributed by atoms with Crippen LogP contribution in [0.25, 0.3) is 10.2 Å². The Morgan fingerprint density at radius 3 is 2.76 bits per heavy atom.